The fourth-order valence-electron chi connectivity index (χ4n) is 1.04. The molecule has 15 heavy (non-hydrogen) atoms. The molecule has 1 aromatic rings. The molecule has 0 saturated carbocycles. The van der Waals surface area contributed by atoms with Gasteiger partial charge in [-0.25, -0.2) is 0 Å². The van der Waals surface area contributed by atoms with Crippen molar-refractivity contribution in [3.8, 4) is 5.75 Å². The maximum Gasteiger partial charge on any atom is 0.119 e. The van der Waals surface area contributed by atoms with Crippen molar-refractivity contribution < 1.29 is 9.47 Å². The van der Waals surface area contributed by atoms with Crippen LogP contribution in [-0.2, 0) is 4.74 Å². The molecule has 84 valence electrons. The lowest BCUT2D eigenvalue weighted by Gasteiger charge is -2.20. The van der Waals surface area contributed by atoms with Crippen LogP contribution in [0.4, 0.5) is 0 Å². The topological polar surface area (TPSA) is 21.7 Å². The van der Waals surface area contributed by atoms with E-state index in [0.717, 1.165) is 5.75 Å². The highest BCUT2D eigenvalue weighted by atomic mass is 16.5. The Balaban J connectivity index is 2.12. The molecule has 3 heteroatoms. The third kappa shape index (κ3) is 4.81. The van der Waals surface area contributed by atoms with E-state index in [2.05, 4.69) is 0 Å². The van der Waals surface area contributed by atoms with Crippen LogP contribution in [0.2, 0.25) is 0 Å². The minimum absolute atomic E-state index is 0.129. The molecule has 0 N–H and O–H groups in total. The number of benzene rings is 1. The standard InChI is InChI=1S/C12H19NO2/c1-11(13(2)3)14-9-10-15-12-7-5-4-6-8-12/h4-8,11H,9-10H2,1-3H3. The van der Waals surface area contributed by atoms with Crippen molar-refractivity contribution in [2.45, 2.75) is 13.2 Å². The Hall–Kier alpha value is -1.06. The Kier molecular flexibility index (Phi) is 5.15. The number of hydrogen-bond donors (Lipinski definition) is 0. The fourth-order valence-corrected chi connectivity index (χ4v) is 1.04. The summed E-state index contributed by atoms with van der Waals surface area (Å²) in [4.78, 5) is 2.02. The zero-order valence-corrected chi connectivity index (χ0v) is 9.64. The van der Waals surface area contributed by atoms with Crippen molar-refractivity contribution in [2.24, 2.45) is 0 Å². The summed E-state index contributed by atoms with van der Waals surface area (Å²) in [6.45, 7) is 3.21. The lowest BCUT2D eigenvalue weighted by Crippen LogP contribution is -2.28. The van der Waals surface area contributed by atoms with Crippen LogP contribution in [0.25, 0.3) is 0 Å². The van der Waals surface area contributed by atoms with Crippen molar-refractivity contribution in [2.75, 3.05) is 27.3 Å². The van der Waals surface area contributed by atoms with Crippen LogP contribution in [0.5, 0.6) is 5.75 Å². The van der Waals surface area contributed by atoms with E-state index in [0.29, 0.717) is 13.2 Å². The average molecular weight is 209 g/mol. The molecule has 0 aromatic heterocycles. The molecule has 0 fully saturated rings. The second-order valence-corrected chi connectivity index (χ2v) is 3.60. The Morgan fingerprint density at radius 3 is 2.40 bits per heavy atom. The SMILES string of the molecule is CC(OCCOc1ccccc1)N(C)C. The summed E-state index contributed by atoms with van der Waals surface area (Å²) in [5.41, 5.74) is 0. The van der Waals surface area contributed by atoms with Gasteiger partial charge in [0.1, 0.15) is 18.6 Å². The van der Waals surface area contributed by atoms with Gasteiger partial charge < -0.3 is 9.47 Å². The third-order valence-corrected chi connectivity index (χ3v) is 2.18. The van der Waals surface area contributed by atoms with Crippen LogP contribution in [-0.4, -0.2) is 38.4 Å². The second kappa shape index (κ2) is 6.43. The van der Waals surface area contributed by atoms with E-state index in [4.69, 9.17) is 9.47 Å². The maximum absolute atomic E-state index is 5.53. The number of hydrogen-bond acceptors (Lipinski definition) is 3. The van der Waals surface area contributed by atoms with Gasteiger partial charge in [-0.15, -0.1) is 0 Å². The predicted molar refractivity (Wildman–Crippen MR) is 61.0 cm³/mol. The van der Waals surface area contributed by atoms with E-state index < -0.39 is 0 Å². The van der Waals surface area contributed by atoms with Gasteiger partial charge in [0, 0.05) is 0 Å². The highest BCUT2D eigenvalue weighted by molar-refractivity contribution is 5.20. The lowest BCUT2D eigenvalue weighted by atomic mass is 10.3. The Labute approximate surface area is 91.6 Å². The smallest absolute Gasteiger partial charge is 0.119 e. The first-order valence-corrected chi connectivity index (χ1v) is 5.16. The highest BCUT2D eigenvalue weighted by Gasteiger charge is 2.03. The minimum Gasteiger partial charge on any atom is -0.491 e. The van der Waals surface area contributed by atoms with Crippen LogP contribution in [0, 0.1) is 0 Å². The molecule has 0 bridgehead atoms. The summed E-state index contributed by atoms with van der Waals surface area (Å²) in [6, 6.07) is 9.76. The van der Waals surface area contributed by atoms with Crippen molar-refractivity contribution in [3.63, 3.8) is 0 Å². The first-order valence-electron chi connectivity index (χ1n) is 5.16. The van der Waals surface area contributed by atoms with Crippen molar-refractivity contribution in [1.82, 2.24) is 4.90 Å². The average Bonchev–Trinajstić information content (AvgIpc) is 2.25. The summed E-state index contributed by atoms with van der Waals surface area (Å²) >= 11 is 0. The fraction of sp³-hybridized carbons (Fsp3) is 0.500. The van der Waals surface area contributed by atoms with Gasteiger partial charge in [-0.3, -0.25) is 4.90 Å². The molecule has 1 aromatic carbocycles. The summed E-state index contributed by atoms with van der Waals surface area (Å²) in [6.07, 6.45) is 0.129. The zero-order chi connectivity index (χ0) is 11.1. The minimum atomic E-state index is 0.129. The van der Waals surface area contributed by atoms with Crippen molar-refractivity contribution in [3.05, 3.63) is 30.3 Å². The normalized spacial score (nSPS) is 12.8. The molecule has 0 aliphatic heterocycles. The van der Waals surface area contributed by atoms with Crippen LogP contribution < -0.4 is 4.74 Å². The third-order valence-electron chi connectivity index (χ3n) is 2.18. The molecule has 0 aliphatic rings. The molecule has 0 heterocycles. The molecule has 3 nitrogen and oxygen atoms in total. The molecule has 0 aliphatic carbocycles. The molecule has 0 spiro atoms. The summed E-state index contributed by atoms with van der Waals surface area (Å²) < 4.78 is 11.0. The largest absolute Gasteiger partial charge is 0.491 e. The van der Waals surface area contributed by atoms with Crippen molar-refractivity contribution >= 4 is 0 Å². The van der Waals surface area contributed by atoms with Gasteiger partial charge in [-0.1, -0.05) is 18.2 Å². The van der Waals surface area contributed by atoms with Gasteiger partial charge in [0.2, 0.25) is 0 Å². The number of para-hydroxylation sites is 1. The quantitative estimate of drug-likeness (QED) is 0.528. The van der Waals surface area contributed by atoms with Gasteiger partial charge in [-0.05, 0) is 33.2 Å². The summed E-state index contributed by atoms with van der Waals surface area (Å²) in [7, 11) is 3.98. The van der Waals surface area contributed by atoms with E-state index in [-0.39, 0.29) is 6.23 Å². The summed E-state index contributed by atoms with van der Waals surface area (Å²) in [5.74, 6) is 0.888. The highest BCUT2D eigenvalue weighted by Crippen LogP contribution is 2.07. The van der Waals surface area contributed by atoms with E-state index in [1.807, 2.05) is 56.3 Å². The van der Waals surface area contributed by atoms with Gasteiger partial charge in [0.05, 0.1) is 6.61 Å². The molecule has 0 amide bonds. The number of nitrogens with zero attached hydrogens (tertiary/aromatic N) is 1. The van der Waals surface area contributed by atoms with Gasteiger partial charge >= 0.3 is 0 Å². The van der Waals surface area contributed by atoms with Gasteiger partial charge in [-0.2, -0.15) is 0 Å². The molecule has 0 radical (unpaired) electrons. The zero-order valence-electron chi connectivity index (χ0n) is 9.64. The molecular weight excluding hydrogens is 190 g/mol. The van der Waals surface area contributed by atoms with Crippen LogP contribution in [0.3, 0.4) is 0 Å². The Morgan fingerprint density at radius 1 is 1.13 bits per heavy atom. The number of ether oxygens (including phenoxy) is 2. The molecule has 0 saturated heterocycles. The molecular formula is C12H19NO2. The van der Waals surface area contributed by atoms with E-state index in [1.165, 1.54) is 0 Å². The summed E-state index contributed by atoms with van der Waals surface area (Å²) in [5, 5.41) is 0. The Bertz CT molecular complexity index is 262. The van der Waals surface area contributed by atoms with Crippen LogP contribution in [0.15, 0.2) is 30.3 Å². The lowest BCUT2D eigenvalue weighted by molar-refractivity contribution is -0.0329. The second-order valence-electron chi connectivity index (χ2n) is 3.60. The van der Waals surface area contributed by atoms with E-state index in [9.17, 15) is 0 Å². The van der Waals surface area contributed by atoms with Gasteiger partial charge in [0.25, 0.3) is 0 Å². The van der Waals surface area contributed by atoms with Crippen LogP contribution >= 0.6 is 0 Å². The van der Waals surface area contributed by atoms with E-state index >= 15 is 0 Å². The van der Waals surface area contributed by atoms with Gasteiger partial charge in [0.15, 0.2) is 0 Å². The molecule has 1 rings (SSSR count). The molecule has 1 unspecified atom stereocenters. The van der Waals surface area contributed by atoms with E-state index in [1.54, 1.807) is 0 Å². The number of rotatable bonds is 6. The maximum atomic E-state index is 5.53. The monoisotopic (exact) mass is 209 g/mol. The van der Waals surface area contributed by atoms with Crippen LogP contribution in [0.1, 0.15) is 6.92 Å². The first-order chi connectivity index (χ1) is 7.20. The molecule has 1 atom stereocenters. The first kappa shape index (κ1) is 12.0. The van der Waals surface area contributed by atoms with Crippen molar-refractivity contribution in [1.29, 1.82) is 0 Å². The predicted octanol–water partition coefficient (Wildman–Crippen LogP) is 1.99. The Morgan fingerprint density at radius 2 is 1.80 bits per heavy atom.